The van der Waals surface area contributed by atoms with E-state index < -0.39 is 0 Å². The fourth-order valence-corrected chi connectivity index (χ4v) is 3.77. The molecule has 0 aromatic heterocycles. The number of nitrogens with zero attached hydrogens (tertiary/aromatic N) is 3. The quantitative estimate of drug-likeness (QED) is 0.809. The summed E-state index contributed by atoms with van der Waals surface area (Å²) in [5.74, 6) is 1.68. The van der Waals surface area contributed by atoms with Gasteiger partial charge in [0.05, 0.1) is 0 Å². The van der Waals surface area contributed by atoms with Crippen molar-refractivity contribution in [3.8, 4) is 5.75 Å². The number of piperidine rings is 1. The molecule has 0 saturated carbocycles. The van der Waals surface area contributed by atoms with Gasteiger partial charge in [-0.25, -0.2) is 0 Å². The molecule has 3 rings (SSSR count). The highest BCUT2D eigenvalue weighted by atomic mass is 16.5. The SMILES string of the molecule is CC1CCN(C(=O)COc2ccccc2CN2CCN(C)[C@H](C)C2)CC1. The maximum atomic E-state index is 12.4. The Kier molecular flexibility index (Phi) is 6.54. The van der Waals surface area contributed by atoms with E-state index in [1.807, 2.05) is 17.0 Å². The van der Waals surface area contributed by atoms with Crippen molar-refractivity contribution >= 4 is 5.91 Å². The van der Waals surface area contributed by atoms with Crippen LogP contribution in [0.3, 0.4) is 0 Å². The molecule has 5 nitrogen and oxygen atoms in total. The number of ether oxygens (including phenoxy) is 1. The minimum atomic E-state index is 0.111. The van der Waals surface area contributed by atoms with Gasteiger partial charge in [-0.05, 0) is 38.8 Å². The number of carbonyl (C=O) groups is 1. The van der Waals surface area contributed by atoms with Gasteiger partial charge in [0.2, 0.25) is 0 Å². The third kappa shape index (κ3) is 4.98. The van der Waals surface area contributed by atoms with Crippen molar-refractivity contribution in [3.05, 3.63) is 29.8 Å². The smallest absolute Gasteiger partial charge is 0.260 e. The molecule has 0 N–H and O–H groups in total. The van der Waals surface area contributed by atoms with E-state index in [-0.39, 0.29) is 12.5 Å². The number of piperazine rings is 1. The number of likely N-dealkylation sites (tertiary alicyclic amines) is 1. The first-order valence-corrected chi connectivity index (χ1v) is 9.94. The average Bonchev–Trinajstić information content (AvgIpc) is 2.64. The molecule has 5 heteroatoms. The lowest BCUT2D eigenvalue weighted by molar-refractivity contribution is -0.134. The fourth-order valence-electron chi connectivity index (χ4n) is 3.77. The van der Waals surface area contributed by atoms with Crippen molar-refractivity contribution in [1.82, 2.24) is 14.7 Å². The van der Waals surface area contributed by atoms with Crippen LogP contribution in [0.4, 0.5) is 0 Å². The van der Waals surface area contributed by atoms with Crippen molar-refractivity contribution < 1.29 is 9.53 Å². The van der Waals surface area contributed by atoms with Gasteiger partial charge in [0.1, 0.15) is 5.75 Å². The molecule has 2 fully saturated rings. The summed E-state index contributed by atoms with van der Waals surface area (Å²) in [5, 5.41) is 0. The van der Waals surface area contributed by atoms with Gasteiger partial charge in [-0.3, -0.25) is 9.69 Å². The van der Waals surface area contributed by atoms with Gasteiger partial charge in [-0.2, -0.15) is 0 Å². The Morgan fingerprint density at radius 3 is 2.58 bits per heavy atom. The number of para-hydroxylation sites is 1. The van der Waals surface area contributed by atoms with Crippen molar-refractivity contribution in [1.29, 1.82) is 0 Å². The van der Waals surface area contributed by atoms with E-state index in [0.29, 0.717) is 6.04 Å². The van der Waals surface area contributed by atoms with E-state index in [2.05, 4.69) is 42.8 Å². The number of rotatable bonds is 5. The zero-order chi connectivity index (χ0) is 18.5. The lowest BCUT2D eigenvalue weighted by Gasteiger charge is -2.37. The van der Waals surface area contributed by atoms with Gasteiger partial charge < -0.3 is 14.5 Å². The highest BCUT2D eigenvalue weighted by Crippen LogP contribution is 2.22. The minimum Gasteiger partial charge on any atom is -0.483 e. The normalized spacial score (nSPS) is 23.2. The molecule has 2 aliphatic rings. The first kappa shape index (κ1) is 19.2. The Hall–Kier alpha value is -1.59. The summed E-state index contributed by atoms with van der Waals surface area (Å²) in [6.45, 7) is 10.5. The molecule has 26 heavy (non-hydrogen) atoms. The molecule has 144 valence electrons. The highest BCUT2D eigenvalue weighted by molar-refractivity contribution is 5.77. The number of benzene rings is 1. The summed E-state index contributed by atoms with van der Waals surface area (Å²) in [7, 11) is 2.19. The largest absolute Gasteiger partial charge is 0.483 e. The Morgan fingerprint density at radius 1 is 1.12 bits per heavy atom. The Bertz CT molecular complexity index is 599. The average molecular weight is 360 g/mol. The van der Waals surface area contributed by atoms with Crippen LogP contribution < -0.4 is 4.74 Å². The standard InChI is InChI=1S/C21H33N3O2/c1-17-8-10-24(11-9-17)21(25)16-26-20-7-5-4-6-19(20)15-23-13-12-22(3)18(2)14-23/h4-7,17-18H,8-16H2,1-3H3/t18-/m1/s1. The van der Waals surface area contributed by atoms with Crippen LogP contribution >= 0.6 is 0 Å². The zero-order valence-electron chi connectivity index (χ0n) is 16.5. The summed E-state index contributed by atoms with van der Waals surface area (Å²) in [5.41, 5.74) is 1.17. The lowest BCUT2D eigenvalue weighted by Crippen LogP contribution is -2.49. The van der Waals surface area contributed by atoms with Crippen molar-refractivity contribution in [3.63, 3.8) is 0 Å². The van der Waals surface area contributed by atoms with Crippen LogP contribution in [0, 0.1) is 5.92 Å². The fraction of sp³-hybridized carbons (Fsp3) is 0.667. The number of hydrogen-bond acceptors (Lipinski definition) is 4. The molecule has 0 spiro atoms. The van der Waals surface area contributed by atoms with Crippen LogP contribution in [-0.2, 0) is 11.3 Å². The second-order valence-corrected chi connectivity index (χ2v) is 8.02. The predicted molar refractivity (Wildman–Crippen MR) is 104 cm³/mol. The van der Waals surface area contributed by atoms with Crippen molar-refractivity contribution in [2.24, 2.45) is 5.92 Å². The molecule has 1 amide bonds. The van der Waals surface area contributed by atoms with E-state index in [0.717, 1.165) is 63.8 Å². The van der Waals surface area contributed by atoms with E-state index in [1.165, 1.54) is 5.56 Å². The number of likely N-dealkylation sites (N-methyl/N-ethyl adjacent to an activating group) is 1. The first-order valence-electron chi connectivity index (χ1n) is 9.94. The monoisotopic (exact) mass is 359 g/mol. The molecule has 2 aliphatic heterocycles. The molecule has 1 atom stereocenters. The number of hydrogen-bond donors (Lipinski definition) is 0. The molecule has 0 radical (unpaired) electrons. The summed E-state index contributed by atoms with van der Waals surface area (Å²) in [4.78, 5) is 19.3. The van der Waals surface area contributed by atoms with Gasteiger partial charge in [-0.15, -0.1) is 0 Å². The maximum Gasteiger partial charge on any atom is 0.260 e. The van der Waals surface area contributed by atoms with Gasteiger partial charge in [0.25, 0.3) is 5.91 Å². The van der Waals surface area contributed by atoms with Crippen molar-refractivity contribution in [2.45, 2.75) is 39.3 Å². The van der Waals surface area contributed by atoms with E-state index in [9.17, 15) is 4.79 Å². The molecule has 0 aliphatic carbocycles. The lowest BCUT2D eigenvalue weighted by atomic mass is 9.99. The van der Waals surface area contributed by atoms with Crippen LogP contribution in [0.25, 0.3) is 0 Å². The summed E-state index contributed by atoms with van der Waals surface area (Å²) in [6, 6.07) is 8.71. The summed E-state index contributed by atoms with van der Waals surface area (Å²) < 4.78 is 5.94. The van der Waals surface area contributed by atoms with Crippen LogP contribution in [0.5, 0.6) is 5.75 Å². The first-order chi connectivity index (χ1) is 12.5. The van der Waals surface area contributed by atoms with Crippen LogP contribution in [0.15, 0.2) is 24.3 Å². The second kappa shape index (κ2) is 8.87. The van der Waals surface area contributed by atoms with Crippen LogP contribution in [0.2, 0.25) is 0 Å². The van der Waals surface area contributed by atoms with Crippen LogP contribution in [-0.4, -0.2) is 73.0 Å². The summed E-state index contributed by atoms with van der Waals surface area (Å²) in [6.07, 6.45) is 2.20. The Morgan fingerprint density at radius 2 is 1.85 bits per heavy atom. The highest BCUT2D eigenvalue weighted by Gasteiger charge is 2.23. The van der Waals surface area contributed by atoms with Crippen molar-refractivity contribution in [2.75, 3.05) is 46.4 Å². The third-order valence-corrected chi connectivity index (χ3v) is 5.90. The molecule has 1 aromatic rings. The van der Waals surface area contributed by atoms with Gasteiger partial charge >= 0.3 is 0 Å². The minimum absolute atomic E-state index is 0.111. The van der Waals surface area contributed by atoms with E-state index in [1.54, 1.807) is 0 Å². The number of amides is 1. The predicted octanol–water partition coefficient (Wildman–Crippen LogP) is 2.46. The molecular weight excluding hydrogens is 326 g/mol. The molecule has 2 saturated heterocycles. The topological polar surface area (TPSA) is 36.0 Å². The maximum absolute atomic E-state index is 12.4. The molecule has 1 aromatic carbocycles. The van der Waals surface area contributed by atoms with Crippen LogP contribution in [0.1, 0.15) is 32.3 Å². The third-order valence-electron chi connectivity index (χ3n) is 5.90. The second-order valence-electron chi connectivity index (χ2n) is 8.02. The Balaban J connectivity index is 1.54. The van der Waals surface area contributed by atoms with E-state index in [4.69, 9.17) is 4.74 Å². The van der Waals surface area contributed by atoms with Gasteiger partial charge in [0, 0.05) is 50.9 Å². The van der Waals surface area contributed by atoms with Gasteiger partial charge in [-0.1, -0.05) is 25.1 Å². The number of carbonyl (C=O) groups excluding carboxylic acids is 1. The summed E-state index contributed by atoms with van der Waals surface area (Å²) >= 11 is 0. The molecule has 2 heterocycles. The van der Waals surface area contributed by atoms with E-state index >= 15 is 0 Å². The van der Waals surface area contributed by atoms with Gasteiger partial charge in [0.15, 0.2) is 6.61 Å². The molecule has 0 bridgehead atoms. The zero-order valence-corrected chi connectivity index (χ0v) is 16.5. The molecular formula is C21H33N3O2. The Labute approximate surface area is 157 Å². The molecule has 0 unspecified atom stereocenters.